The van der Waals surface area contributed by atoms with Crippen LogP contribution in [0, 0.1) is 5.92 Å². The molecule has 1 aromatic heterocycles. The lowest BCUT2D eigenvalue weighted by Crippen LogP contribution is -2.39. The van der Waals surface area contributed by atoms with Crippen molar-refractivity contribution in [1.29, 1.82) is 0 Å². The van der Waals surface area contributed by atoms with E-state index in [-0.39, 0.29) is 11.9 Å². The molecule has 0 bridgehead atoms. The Hall–Kier alpha value is -1.33. The van der Waals surface area contributed by atoms with Gasteiger partial charge in [-0.1, -0.05) is 18.5 Å². The molecule has 1 aromatic rings. The van der Waals surface area contributed by atoms with Crippen molar-refractivity contribution in [2.24, 2.45) is 5.92 Å². The molecule has 2 aliphatic rings. The summed E-state index contributed by atoms with van der Waals surface area (Å²) in [6, 6.07) is 3.86. The van der Waals surface area contributed by atoms with E-state index in [9.17, 15) is 4.79 Å². The van der Waals surface area contributed by atoms with Crippen LogP contribution < -0.4 is 10.2 Å². The second-order valence-corrected chi connectivity index (χ2v) is 7.21. The van der Waals surface area contributed by atoms with Gasteiger partial charge in [-0.15, -0.1) is 0 Å². The van der Waals surface area contributed by atoms with E-state index in [0.717, 1.165) is 51.2 Å². The van der Waals surface area contributed by atoms with E-state index in [0.29, 0.717) is 23.5 Å². The average Bonchev–Trinajstić information content (AvgIpc) is 3.03. The summed E-state index contributed by atoms with van der Waals surface area (Å²) in [7, 11) is 0. The second-order valence-electron chi connectivity index (χ2n) is 6.80. The Morgan fingerprint density at radius 3 is 3.17 bits per heavy atom. The Balaban J connectivity index is 1.47. The first-order chi connectivity index (χ1) is 11.7. The van der Waals surface area contributed by atoms with Crippen LogP contribution in [0.4, 0.5) is 5.82 Å². The van der Waals surface area contributed by atoms with Gasteiger partial charge in [-0.2, -0.15) is 0 Å². The SMILES string of the molecule is CCC1CC(CC(=O)NC2CCN(c3ncccc3Cl)C2)CCO1. The molecule has 3 rings (SSSR count). The first kappa shape index (κ1) is 17.5. The van der Waals surface area contributed by atoms with Crippen molar-refractivity contribution in [3.63, 3.8) is 0 Å². The van der Waals surface area contributed by atoms with Crippen LogP contribution >= 0.6 is 11.6 Å². The molecule has 2 aliphatic heterocycles. The van der Waals surface area contributed by atoms with Gasteiger partial charge in [-0.05, 0) is 43.7 Å². The second kappa shape index (κ2) is 8.17. The van der Waals surface area contributed by atoms with Crippen LogP contribution in [0.15, 0.2) is 18.3 Å². The number of aromatic nitrogens is 1. The Morgan fingerprint density at radius 1 is 1.50 bits per heavy atom. The minimum Gasteiger partial charge on any atom is -0.378 e. The van der Waals surface area contributed by atoms with E-state index in [1.165, 1.54) is 0 Å². The van der Waals surface area contributed by atoms with Gasteiger partial charge in [-0.25, -0.2) is 4.98 Å². The summed E-state index contributed by atoms with van der Waals surface area (Å²) in [6.07, 6.45) is 6.65. The highest BCUT2D eigenvalue weighted by Crippen LogP contribution is 2.27. The number of ether oxygens (including phenoxy) is 1. The Labute approximate surface area is 148 Å². The Morgan fingerprint density at radius 2 is 2.38 bits per heavy atom. The van der Waals surface area contributed by atoms with E-state index < -0.39 is 0 Å². The molecule has 24 heavy (non-hydrogen) atoms. The lowest BCUT2D eigenvalue weighted by Gasteiger charge is -2.28. The molecule has 132 valence electrons. The highest BCUT2D eigenvalue weighted by Gasteiger charge is 2.28. The molecule has 3 heterocycles. The zero-order chi connectivity index (χ0) is 16.9. The largest absolute Gasteiger partial charge is 0.378 e. The third kappa shape index (κ3) is 4.39. The van der Waals surface area contributed by atoms with Crippen molar-refractivity contribution in [2.45, 2.75) is 51.2 Å². The van der Waals surface area contributed by atoms with Crippen molar-refractivity contribution in [2.75, 3.05) is 24.6 Å². The third-order valence-electron chi connectivity index (χ3n) is 5.00. The summed E-state index contributed by atoms with van der Waals surface area (Å²) >= 11 is 6.21. The summed E-state index contributed by atoms with van der Waals surface area (Å²) in [5.41, 5.74) is 0. The standard InChI is InChI=1S/C18H26ClN3O2/c1-2-15-10-13(6-9-24-15)11-17(23)21-14-5-8-22(12-14)18-16(19)4-3-7-20-18/h3-4,7,13-15H,2,5-6,8-12H2,1H3,(H,21,23). The molecule has 2 saturated heterocycles. The molecular formula is C18H26ClN3O2. The van der Waals surface area contributed by atoms with Crippen LogP contribution in [0.2, 0.25) is 5.02 Å². The minimum atomic E-state index is 0.163. The van der Waals surface area contributed by atoms with Crippen LogP contribution in [-0.2, 0) is 9.53 Å². The Kier molecular flexibility index (Phi) is 5.95. The quantitative estimate of drug-likeness (QED) is 0.886. The van der Waals surface area contributed by atoms with Gasteiger partial charge < -0.3 is 15.0 Å². The number of hydrogen-bond donors (Lipinski definition) is 1. The fourth-order valence-corrected chi connectivity index (χ4v) is 3.90. The Bertz CT molecular complexity index is 569. The van der Waals surface area contributed by atoms with E-state index in [2.05, 4.69) is 22.1 Å². The number of halogens is 1. The molecule has 2 fully saturated rings. The van der Waals surface area contributed by atoms with Crippen LogP contribution in [0.5, 0.6) is 0 Å². The smallest absolute Gasteiger partial charge is 0.220 e. The highest BCUT2D eigenvalue weighted by atomic mass is 35.5. The molecule has 6 heteroatoms. The summed E-state index contributed by atoms with van der Waals surface area (Å²) in [5, 5.41) is 3.85. The van der Waals surface area contributed by atoms with E-state index >= 15 is 0 Å². The fraction of sp³-hybridized carbons (Fsp3) is 0.667. The fourth-order valence-electron chi connectivity index (χ4n) is 3.66. The number of anilines is 1. The zero-order valence-corrected chi connectivity index (χ0v) is 15.0. The summed E-state index contributed by atoms with van der Waals surface area (Å²) < 4.78 is 5.69. The number of nitrogens with zero attached hydrogens (tertiary/aromatic N) is 2. The lowest BCUT2D eigenvalue weighted by atomic mass is 9.91. The number of nitrogens with one attached hydrogen (secondary N) is 1. The van der Waals surface area contributed by atoms with Gasteiger partial charge in [-0.3, -0.25) is 4.79 Å². The predicted molar refractivity (Wildman–Crippen MR) is 95.4 cm³/mol. The molecule has 0 aromatic carbocycles. The van der Waals surface area contributed by atoms with Crippen LogP contribution in [-0.4, -0.2) is 42.7 Å². The van der Waals surface area contributed by atoms with Crippen molar-refractivity contribution in [3.8, 4) is 0 Å². The highest BCUT2D eigenvalue weighted by molar-refractivity contribution is 6.32. The number of pyridine rings is 1. The van der Waals surface area contributed by atoms with E-state index in [1.54, 1.807) is 6.20 Å². The first-order valence-electron chi connectivity index (χ1n) is 8.92. The predicted octanol–water partition coefficient (Wildman–Crippen LogP) is 3.03. The molecule has 0 saturated carbocycles. The molecule has 1 amide bonds. The molecule has 0 spiro atoms. The van der Waals surface area contributed by atoms with Gasteiger partial charge in [0.2, 0.25) is 5.91 Å². The molecule has 3 unspecified atom stereocenters. The van der Waals surface area contributed by atoms with Crippen LogP contribution in [0.3, 0.4) is 0 Å². The van der Waals surface area contributed by atoms with Gasteiger partial charge in [0.1, 0.15) is 5.82 Å². The maximum atomic E-state index is 12.4. The van der Waals surface area contributed by atoms with Crippen molar-refractivity contribution >= 4 is 23.3 Å². The topological polar surface area (TPSA) is 54.5 Å². The molecule has 0 aliphatic carbocycles. The summed E-state index contributed by atoms with van der Waals surface area (Å²) in [5.74, 6) is 1.42. The van der Waals surface area contributed by atoms with Crippen molar-refractivity contribution in [3.05, 3.63) is 23.4 Å². The van der Waals surface area contributed by atoms with Crippen molar-refractivity contribution in [1.82, 2.24) is 10.3 Å². The molecular weight excluding hydrogens is 326 g/mol. The summed E-state index contributed by atoms with van der Waals surface area (Å²) in [6.45, 7) is 4.57. The lowest BCUT2D eigenvalue weighted by molar-refractivity contribution is -0.123. The van der Waals surface area contributed by atoms with Gasteiger partial charge in [0.05, 0.1) is 11.1 Å². The van der Waals surface area contributed by atoms with Crippen LogP contribution in [0.25, 0.3) is 0 Å². The van der Waals surface area contributed by atoms with E-state index in [1.807, 2.05) is 12.1 Å². The average molecular weight is 352 g/mol. The monoisotopic (exact) mass is 351 g/mol. The van der Waals surface area contributed by atoms with Gasteiger partial charge in [0, 0.05) is 38.4 Å². The number of carbonyl (C=O) groups is 1. The molecule has 3 atom stereocenters. The molecule has 0 radical (unpaired) electrons. The van der Waals surface area contributed by atoms with Gasteiger partial charge >= 0.3 is 0 Å². The summed E-state index contributed by atoms with van der Waals surface area (Å²) in [4.78, 5) is 18.9. The number of hydrogen-bond acceptors (Lipinski definition) is 4. The van der Waals surface area contributed by atoms with Gasteiger partial charge in [0.15, 0.2) is 0 Å². The minimum absolute atomic E-state index is 0.163. The van der Waals surface area contributed by atoms with Gasteiger partial charge in [0.25, 0.3) is 0 Å². The normalized spacial score (nSPS) is 27.2. The maximum Gasteiger partial charge on any atom is 0.220 e. The zero-order valence-electron chi connectivity index (χ0n) is 14.2. The third-order valence-corrected chi connectivity index (χ3v) is 5.29. The van der Waals surface area contributed by atoms with Crippen molar-refractivity contribution < 1.29 is 9.53 Å². The van der Waals surface area contributed by atoms with E-state index in [4.69, 9.17) is 16.3 Å². The number of amides is 1. The molecule has 5 nitrogen and oxygen atoms in total. The molecule has 1 N–H and O–H groups in total. The maximum absolute atomic E-state index is 12.4. The number of rotatable bonds is 5. The first-order valence-corrected chi connectivity index (χ1v) is 9.30. The number of carbonyl (C=O) groups excluding carboxylic acids is 1. The van der Waals surface area contributed by atoms with Crippen LogP contribution in [0.1, 0.15) is 39.0 Å².